The molecule has 0 saturated carbocycles. The summed E-state index contributed by atoms with van der Waals surface area (Å²) in [6, 6.07) is 7.87. The molecule has 1 aliphatic heterocycles. The lowest BCUT2D eigenvalue weighted by molar-refractivity contribution is 0.0742. The molecule has 0 atom stereocenters. The van der Waals surface area contributed by atoms with Crippen LogP contribution in [0.2, 0.25) is 0 Å². The molecule has 0 radical (unpaired) electrons. The van der Waals surface area contributed by atoms with Crippen LogP contribution in [0.25, 0.3) is 0 Å². The van der Waals surface area contributed by atoms with Crippen molar-refractivity contribution in [2.24, 2.45) is 0 Å². The summed E-state index contributed by atoms with van der Waals surface area (Å²) >= 11 is 2.25. The summed E-state index contributed by atoms with van der Waals surface area (Å²) in [5.41, 5.74) is 0.831. The minimum absolute atomic E-state index is 0.199. The van der Waals surface area contributed by atoms with Gasteiger partial charge >= 0.3 is 0 Å². The molecule has 0 unspecified atom stereocenters. The fraction of sp³-hybridized carbons (Fsp3) is 0.500. The highest BCUT2D eigenvalue weighted by Crippen LogP contribution is 2.15. The van der Waals surface area contributed by atoms with E-state index in [0.717, 1.165) is 35.1 Å². The van der Waals surface area contributed by atoms with E-state index in [1.54, 1.807) is 0 Å². The first-order valence-corrected chi connectivity index (χ1v) is 7.40. The predicted molar refractivity (Wildman–Crippen MR) is 78.1 cm³/mol. The van der Waals surface area contributed by atoms with Gasteiger partial charge in [-0.05, 0) is 53.6 Å². The third-order valence-corrected chi connectivity index (χ3v) is 3.89. The van der Waals surface area contributed by atoms with Crippen LogP contribution >= 0.6 is 22.6 Å². The molecule has 3 heteroatoms. The largest absolute Gasteiger partial charge is 0.339 e. The van der Waals surface area contributed by atoms with Gasteiger partial charge in [0, 0.05) is 22.2 Å². The zero-order valence-electron chi connectivity index (χ0n) is 9.99. The van der Waals surface area contributed by atoms with Gasteiger partial charge in [0.15, 0.2) is 0 Å². The highest BCUT2D eigenvalue weighted by molar-refractivity contribution is 14.1. The Labute approximate surface area is 117 Å². The van der Waals surface area contributed by atoms with Gasteiger partial charge < -0.3 is 4.90 Å². The van der Waals surface area contributed by atoms with Crippen molar-refractivity contribution in [2.45, 2.75) is 32.1 Å². The number of amides is 1. The van der Waals surface area contributed by atoms with Crippen LogP contribution in [0.1, 0.15) is 42.5 Å². The Morgan fingerprint density at radius 3 is 2.35 bits per heavy atom. The summed E-state index contributed by atoms with van der Waals surface area (Å²) in [4.78, 5) is 14.4. The van der Waals surface area contributed by atoms with E-state index in [1.807, 2.05) is 29.2 Å². The van der Waals surface area contributed by atoms with E-state index in [9.17, 15) is 4.79 Å². The molecule has 0 bridgehead atoms. The molecule has 1 fully saturated rings. The fourth-order valence-electron chi connectivity index (χ4n) is 2.25. The smallest absolute Gasteiger partial charge is 0.253 e. The average molecular weight is 343 g/mol. The van der Waals surface area contributed by atoms with Crippen molar-refractivity contribution in [3.05, 3.63) is 33.4 Å². The van der Waals surface area contributed by atoms with Gasteiger partial charge in [-0.3, -0.25) is 4.79 Å². The third kappa shape index (κ3) is 3.69. The zero-order chi connectivity index (χ0) is 12.1. The predicted octanol–water partition coefficient (Wildman–Crippen LogP) is 3.70. The van der Waals surface area contributed by atoms with E-state index in [-0.39, 0.29) is 5.91 Å². The van der Waals surface area contributed by atoms with Gasteiger partial charge in [0.1, 0.15) is 0 Å². The van der Waals surface area contributed by atoms with E-state index in [4.69, 9.17) is 0 Å². The summed E-state index contributed by atoms with van der Waals surface area (Å²) in [7, 11) is 0. The summed E-state index contributed by atoms with van der Waals surface area (Å²) in [5, 5.41) is 0. The standard InChI is InChI=1S/C14H18INO/c15-13-8-6-7-12(11-13)14(17)16-9-4-2-1-3-5-10-16/h6-8,11H,1-5,9-10H2. The van der Waals surface area contributed by atoms with E-state index in [0.29, 0.717) is 0 Å². The second kappa shape index (κ2) is 6.38. The Balaban J connectivity index is 2.07. The van der Waals surface area contributed by atoms with Crippen LogP contribution in [0.5, 0.6) is 0 Å². The number of halogens is 1. The second-order valence-corrected chi connectivity index (χ2v) is 5.82. The Bertz CT molecular complexity index is 384. The van der Waals surface area contributed by atoms with Gasteiger partial charge in [0.05, 0.1) is 0 Å². The van der Waals surface area contributed by atoms with Crippen molar-refractivity contribution in [1.29, 1.82) is 0 Å². The molecule has 1 heterocycles. The Morgan fingerprint density at radius 1 is 1.06 bits per heavy atom. The normalized spacial score (nSPS) is 17.4. The summed E-state index contributed by atoms with van der Waals surface area (Å²) in [6.45, 7) is 1.84. The molecular weight excluding hydrogens is 325 g/mol. The van der Waals surface area contributed by atoms with Crippen LogP contribution < -0.4 is 0 Å². The minimum atomic E-state index is 0.199. The van der Waals surface area contributed by atoms with E-state index >= 15 is 0 Å². The highest BCUT2D eigenvalue weighted by Gasteiger charge is 2.16. The maximum absolute atomic E-state index is 12.3. The van der Waals surface area contributed by atoms with Gasteiger partial charge in [-0.2, -0.15) is 0 Å². The molecule has 2 nitrogen and oxygen atoms in total. The van der Waals surface area contributed by atoms with E-state index in [2.05, 4.69) is 22.6 Å². The first-order valence-electron chi connectivity index (χ1n) is 6.32. The SMILES string of the molecule is O=C(c1cccc(I)c1)N1CCCCCCC1. The van der Waals surface area contributed by atoms with Gasteiger partial charge in [-0.1, -0.05) is 25.3 Å². The minimum Gasteiger partial charge on any atom is -0.339 e. The van der Waals surface area contributed by atoms with Crippen molar-refractivity contribution in [1.82, 2.24) is 4.90 Å². The van der Waals surface area contributed by atoms with Crippen LogP contribution in [-0.4, -0.2) is 23.9 Å². The highest BCUT2D eigenvalue weighted by atomic mass is 127. The van der Waals surface area contributed by atoms with Crippen LogP contribution in [-0.2, 0) is 0 Å². The van der Waals surface area contributed by atoms with Crippen LogP contribution in [0.15, 0.2) is 24.3 Å². The van der Waals surface area contributed by atoms with Gasteiger partial charge in [0.2, 0.25) is 0 Å². The Hall–Kier alpha value is -0.580. The fourth-order valence-corrected chi connectivity index (χ4v) is 2.80. The number of likely N-dealkylation sites (tertiary alicyclic amines) is 1. The molecule has 2 rings (SSSR count). The number of carbonyl (C=O) groups is 1. The number of hydrogen-bond acceptors (Lipinski definition) is 1. The quantitative estimate of drug-likeness (QED) is 0.712. The lowest BCUT2D eigenvalue weighted by Crippen LogP contribution is -2.33. The lowest BCUT2D eigenvalue weighted by atomic mass is 10.1. The van der Waals surface area contributed by atoms with Crippen molar-refractivity contribution < 1.29 is 4.79 Å². The van der Waals surface area contributed by atoms with E-state index in [1.165, 1.54) is 19.3 Å². The van der Waals surface area contributed by atoms with Crippen LogP contribution in [0.3, 0.4) is 0 Å². The molecule has 1 aromatic carbocycles. The van der Waals surface area contributed by atoms with Crippen molar-refractivity contribution in [3.63, 3.8) is 0 Å². The lowest BCUT2D eigenvalue weighted by Gasteiger charge is -2.24. The molecule has 0 aromatic heterocycles. The van der Waals surface area contributed by atoms with Gasteiger partial charge in [-0.15, -0.1) is 0 Å². The molecule has 1 saturated heterocycles. The van der Waals surface area contributed by atoms with Crippen LogP contribution in [0.4, 0.5) is 0 Å². The summed E-state index contributed by atoms with van der Waals surface area (Å²) in [6.07, 6.45) is 6.14. The number of hydrogen-bond donors (Lipinski definition) is 0. The van der Waals surface area contributed by atoms with Gasteiger partial charge in [0.25, 0.3) is 5.91 Å². The van der Waals surface area contributed by atoms with Crippen LogP contribution in [0, 0.1) is 3.57 Å². The second-order valence-electron chi connectivity index (χ2n) is 4.57. The third-order valence-electron chi connectivity index (χ3n) is 3.21. The molecule has 17 heavy (non-hydrogen) atoms. The van der Waals surface area contributed by atoms with Crippen molar-refractivity contribution in [3.8, 4) is 0 Å². The molecule has 1 amide bonds. The van der Waals surface area contributed by atoms with E-state index < -0.39 is 0 Å². The first-order chi connectivity index (χ1) is 8.27. The summed E-state index contributed by atoms with van der Waals surface area (Å²) < 4.78 is 1.13. The molecule has 0 aliphatic carbocycles. The number of benzene rings is 1. The number of nitrogens with zero attached hydrogens (tertiary/aromatic N) is 1. The number of carbonyl (C=O) groups excluding carboxylic acids is 1. The number of rotatable bonds is 1. The Kier molecular flexibility index (Phi) is 4.83. The van der Waals surface area contributed by atoms with Crippen molar-refractivity contribution >= 4 is 28.5 Å². The molecule has 1 aromatic rings. The van der Waals surface area contributed by atoms with Gasteiger partial charge in [-0.25, -0.2) is 0 Å². The maximum Gasteiger partial charge on any atom is 0.253 e. The molecule has 0 spiro atoms. The molecular formula is C14H18INO. The maximum atomic E-state index is 12.3. The zero-order valence-corrected chi connectivity index (χ0v) is 12.2. The molecule has 0 N–H and O–H groups in total. The first kappa shape index (κ1) is 12.9. The Morgan fingerprint density at radius 2 is 1.71 bits per heavy atom. The molecule has 1 aliphatic rings. The summed E-state index contributed by atoms with van der Waals surface area (Å²) in [5.74, 6) is 0.199. The molecule has 92 valence electrons. The average Bonchev–Trinajstić information content (AvgIpc) is 2.28. The van der Waals surface area contributed by atoms with Crippen molar-refractivity contribution in [2.75, 3.05) is 13.1 Å². The topological polar surface area (TPSA) is 20.3 Å². The monoisotopic (exact) mass is 343 g/mol.